The first-order chi connectivity index (χ1) is 5.24. The summed E-state index contributed by atoms with van der Waals surface area (Å²) in [6.45, 7) is 3.20. The normalized spacial score (nSPS) is 33.2. The third-order valence-electron chi connectivity index (χ3n) is 2.26. The molecule has 1 saturated heterocycles. The molecule has 62 valence electrons. The lowest BCUT2D eigenvalue weighted by Crippen LogP contribution is -2.44. The molecule has 1 aliphatic rings. The van der Waals surface area contributed by atoms with Gasteiger partial charge in [0.2, 0.25) is 0 Å². The minimum absolute atomic E-state index is 0.223. The Morgan fingerprint density at radius 2 is 2.36 bits per heavy atom. The molecule has 11 heavy (non-hydrogen) atoms. The Kier molecular flexibility index (Phi) is 2.86. The maximum Gasteiger partial charge on any atom is 0.0869 e. The predicted octanol–water partition coefficient (Wildman–Crippen LogP) is 0.355. The zero-order valence-electron chi connectivity index (χ0n) is 6.82. The zero-order valence-corrected chi connectivity index (χ0v) is 6.82. The molecule has 0 amide bonds. The number of piperidine rings is 1. The number of nitrogens with zero attached hydrogens (tertiary/aromatic N) is 2. The van der Waals surface area contributed by atoms with Crippen molar-refractivity contribution in [3.63, 3.8) is 0 Å². The predicted molar refractivity (Wildman–Crippen MR) is 41.9 cm³/mol. The lowest BCUT2D eigenvalue weighted by atomic mass is 10.0. The van der Waals surface area contributed by atoms with Crippen LogP contribution in [-0.4, -0.2) is 35.2 Å². The number of hydrogen-bond donors (Lipinski definition) is 1. The Labute approximate surface area is 67.2 Å². The molecule has 0 aromatic rings. The van der Waals surface area contributed by atoms with Crippen molar-refractivity contribution in [1.29, 1.82) is 5.26 Å². The van der Waals surface area contributed by atoms with Gasteiger partial charge in [-0.2, -0.15) is 5.26 Å². The first kappa shape index (κ1) is 8.51. The van der Waals surface area contributed by atoms with Crippen LogP contribution in [0.25, 0.3) is 0 Å². The van der Waals surface area contributed by atoms with Crippen LogP contribution >= 0.6 is 0 Å². The smallest absolute Gasteiger partial charge is 0.0869 e. The van der Waals surface area contributed by atoms with Crippen molar-refractivity contribution in [1.82, 2.24) is 4.90 Å². The third kappa shape index (κ3) is 2.18. The van der Waals surface area contributed by atoms with Gasteiger partial charge in [-0.05, 0) is 19.8 Å². The van der Waals surface area contributed by atoms with Crippen molar-refractivity contribution < 1.29 is 5.11 Å². The molecule has 1 fully saturated rings. The SMILES string of the molecule is C[C@@H]1CC[C@@H](O)CN1CC#N. The Morgan fingerprint density at radius 1 is 1.64 bits per heavy atom. The molecule has 2 atom stereocenters. The van der Waals surface area contributed by atoms with Gasteiger partial charge in [0.25, 0.3) is 0 Å². The molecule has 0 aromatic carbocycles. The Morgan fingerprint density at radius 3 is 3.00 bits per heavy atom. The summed E-state index contributed by atoms with van der Waals surface area (Å²) >= 11 is 0. The fraction of sp³-hybridized carbons (Fsp3) is 0.875. The van der Waals surface area contributed by atoms with Crippen molar-refractivity contribution in [2.75, 3.05) is 13.1 Å². The van der Waals surface area contributed by atoms with Crippen LogP contribution in [0.15, 0.2) is 0 Å². The number of rotatable bonds is 1. The molecule has 1 aliphatic heterocycles. The summed E-state index contributed by atoms with van der Waals surface area (Å²) < 4.78 is 0. The summed E-state index contributed by atoms with van der Waals surface area (Å²) in [4.78, 5) is 2.02. The summed E-state index contributed by atoms with van der Waals surface area (Å²) in [5, 5.41) is 17.7. The average molecular weight is 154 g/mol. The van der Waals surface area contributed by atoms with Crippen LogP contribution in [0.5, 0.6) is 0 Å². The van der Waals surface area contributed by atoms with E-state index in [1.807, 2.05) is 4.90 Å². The van der Waals surface area contributed by atoms with Crippen molar-refractivity contribution in [3.8, 4) is 6.07 Å². The highest BCUT2D eigenvalue weighted by Gasteiger charge is 2.22. The molecule has 1 heterocycles. The summed E-state index contributed by atoms with van der Waals surface area (Å²) in [7, 11) is 0. The van der Waals surface area contributed by atoms with Crippen molar-refractivity contribution >= 4 is 0 Å². The maximum absolute atomic E-state index is 9.27. The minimum atomic E-state index is -0.223. The van der Waals surface area contributed by atoms with Crippen molar-refractivity contribution in [2.45, 2.75) is 31.9 Å². The van der Waals surface area contributed by atoms with Crippen LogP contribution in [0.3, 0.4) is 0 Å². The summed E-state index contributed by atoms with van der Waals surface area (Å²) in [5.41, 5.74) is 0. The molecule has 0 radical (unpaired) electrons. The molecule has 0 saturated carbocycles. The molecule has 0 aliphatic carbocycles. The van der Waals surface area contributed by atoms with Crippen LogP contribution in [-0.2, 0) is 0 Å². The molecule has 0 bridgehead atoms. The molecule has 0 aromatic heterocycles. The standard InChI is InChI=1S/C8H14N2O/c1-7-2-3-8(11)6-10(7)5-4-9/h7-8,11H,2-3,5-6H2,1H3/t7-,8-/m1/s1. The fourth-order valence-electron chi connectivity index (χ4n) is 1.47. The van der Waals surface area contributed by atoms with E-state index in [1.54, 1.807) is 0 Å². The quantitative estimate of drug-likeness (QED) is 0.554. The van der Waals surface area contributed by atoms with Gasteiger partial charge in [0.15, 0.2) is 0 Å². The van der Waals surface area contributed by atoms with Crippen LogP contribution in [0.2, 0.25) is 0 Å². The van der Waals surface area contributed by atoms with Gasteiger partial charge in [-0.25, -0.2) is 0 Å². The van der Waals surface area contributed by atoms with E-state index >= 15 is 0 Å². The summed E-state index contributed by atoms with van der Waals surface area (Å²) in [5.74, 6) is 0. The first-order valence-electron chi connectivity index (χ1n) is 4.03. The molecule has 3 nitrogen and oxygen atoms in total. The van der Waals surface area contributed by atoms with Gasteiger partial charge in [-0.15, -0.1) is 0 Å². The van der Waals surface area contributed by atoms with Gasteiger partial charge in [0.1, 0.15) is 0 Å². The monoisotopic (exact) mass is 154 g/mol. The molecule has 0 spiro atoms. The number of aliphatic hydroxyl groups excluding tert-OH is 1. The van der Waals surface area contributed by atoms with E-state index < -0.39 is 0 Å². The second-order valence-electron chi connectivity index (χ2n) is 3.17. The highest BCUT2D eigenvalue weighted by molar-refractivity contribution is 4.85. The number of β-amino-alcohol motifs (C(OH)–C–C–N with tert-alkyl or cyclic N) is 1. The highest BCUT2D eigenvalue weighted by atomic mass is 16.3. The van der Waals surface area contributed by atoms with E-state index in [4.69, 9.17) is 5.26 Å². The van der Waals surface area contributed by atoms with Crippen LogP contribution in [0, 0.1) is 11.3 Å². The molecular weight excluding hydrogens is 140 g/mol. The largest absolute Gasteiger partial charge is 0.392 e. The van der Waals surface area contributed by atoms with E-state index in [2.05, 4.69) is 13.0 Å². The van der Waals surface area contributed by atoms with Crippen molar-refractivity contribution in [3.05, 3.63) is 0 Å². The van der Waals surface area contributed by atoms with Gasteiger partial charge in [-0.1, -0.05) is 0 Å². The Balaban J connectivity index is 2.42. The second-order valence-corrected chi connectivity index (χ2v) is 3.17. The van der Waals surface area contributed by atoms with Gasteiger partial charge in [-0.3, -0.25) is 4.90 Å². The number of likely N-dealkylation sites (tertiary alicyclic amines) is 1. The van der Waals surface area contributed by atoms with Gasteiger partial charge in [0.05, 0.1) is 18.7 Å². The Bertz CT molecular complexity index is 164. The summed E-state index contributed by atoms with van der Waals surface area (Å²) in [6, 6.07) is 2.56. The van der Waals surface area contributed by atoms with E-state index in [1.165, 1.54) is 0 Å². The van der Waals surface area contributed by atoms with Crippen LogP contribution in [0.4, 0.5) is 0 Å². The second kappa shape index (κ2) is 3.70. The maximum atomic E-state index is 9.27. The van der Waals surface area contributed by atoms with Gasteiger partial charge < -0.3 is 5.11 Å². The lowest BCUT2D eigenvalue weighted by molar-refractivity contribution is 0.0491. The Hall–Kier alpha value is -0.590. The zero-order chi connectivity index (χ0) is 8.27. The highest BCUT2D eigenvalue weighted by Crippen LogP contribution is 2.15. The molecular formula is C8H14N2O. The van der Waals surface area contributed by atoms with Gasteiger partial charge in [0, 0.05) is 12.6 Å². The molecule has 1 N–H and O–H groups in total. The van der Waals surface area contributed by atoms with E-state index in [9.17, 15) is 5.11 Å². The van der Waals surface area contributed by atoms with Crippen LogP contribution in [0.1, 0.15) is 19.8 Å². The topological polar surface area (TPSA) is 47.3 Å². The fourth-order valence-corrected chi connectivity index (χ4v) is 1.47. The molecule has 0 unspecified atom stereocenters. The van der Waals surface area contributed by atoms with E-state index in [0.717, 1.165) is 12.8 Å². The average Bonchev–Trinajstić information content (AvgIpc) is 1.98. The number of hydrogen-bond acceptors (Lipinski definition) is 3. The molecule has 1 rings (SSSR count). The number of nitriles is 1. The third-order valence-corrected chi connectivity index (χ3v) is 2.26. The number of aliphatic hydroxyl groups is 1. The van der Waals surface area contributed by atoms with Crippen molar-refractivity contribution in [2.24, 2.45) is 0 Å². The van der Waals surface area contributed by atoms with Crippen LogP contribution < -0.4 is 0 Å². The molecule has 3 heteroatoms. The minimum Gasteiger partial charge on any atom is -0.392 e. The van der Waals surface area contributed by atoms with Gasteiger partial charge >= 0.3 is 0 Å². The van der Waals surface area contributed by atoms with E-state index in [-0.39, 0.29) is 6.10 Å². The first-order valence-corrected chi connectivity index (χ1v) is 4.03. The van der Waals surface area contributed by atoms with E-state index in [0.29, 0.717) is 19.1 Å². The lowest BCUT2D eigenvalue weighted by Gasteiger charge is -2.33. The summed E-state index contributed by atoms with van der Waals surface area (Å²) in [6.07, 6.45) is 1.66.